The van der Waals surface area contributed by atoms with Gasteiger partial charge in [0.2, 0.25) is 0 Å². The predicted octanol–water partition coefficient (Wildman–Crippen LogP) is 4.27. The van der Waals surface area contributed by atoms with Crippen LogP contribution in [0, 0.1) is 20.8 Å². The van der Waals surface area contributed by atoms with Crippen LogP contribution < -0.4 is 5.32 Å². The molecule has 108 valence electrons. The van der Waals surface area contributed by atoms with Gasteiger partial charge in [0.25, 0.3) is 0 Å². The molecule has 0 aliphatic rings. The van der Waals surface area contributed by atoms with E-state index in [0.717, 1.165) is 23.6 Å². The molecule has 4 heteroatoms. The lowest BCUT2D eigenvalue weighted by molar-refractivity contribution is 0.994. The van der Waals surface area contributed by atoms with Crippen molar-refractivity contribution in [2.45, 2.75) is 27.2 Å². The zero-order valence-corrected chi connectivity index (χ0v) is 13.4. The first-order valence-electron chi connectivity index (χ1n) is 7.16. The molecule has 0 spiro atoms. The van der Waals surface area contributed by atoms with Crippen LogP contribution in [0.25, 0.3) is 10.2 Å². The Bertz CT molecular complexity index is 777. The molecular weight excluding hydrogens is 278 g/mol. The van der Waals surface area contributed by atoms with E-state index in [1.54, 1.807) is 17.7 Å². The van der Waals surface area contributed by atoms with Gasteiger partial charge in [-0.05, 0) is 43.9 Å². The quantitative estimate of drug-likeness (QED) is 0.781. The Labute approximate surface area is 129 Å². The number of hydrogen-bond acceptors (Lipinski definition) is 4. The lowest BCUT2D eigenvalue weighted by Gasteiger charge is -2.09. The minimum absolute atomic E-state index is 0.880. The van der Waals surface area contributed by atoms with E-state index in [9.17, 15) is 0 Å². The van der Waals surface area contributed by atoms with E-state index in [1.807, 2.05) is 0 Å². The standard InChI is InChI=1S/C17H19N3S/c1-11-6-4-5-7-14(11)8-9-18-16-15-12(2)13(3)21-17(15)20-10-19-16/h4-7,10H,8-9H2,1-3H3,(H,18,19,20). The van der Waals surface area contributed by atoms with E-state index < -0.39 is 0 Å². The molecule has 2 aromatic heterocycles. The molecule has 0 aliphatic heterocycles. The first-order valence-corrected chi connectivity index (χ1v) is 7.97. The summed E-state index contributed by atoms with van der Waals surface area (Å²) in [6.07, 6.45) is 2.65. The molecule has 0 amide bonds. The minimum Gasteiger partial charge on any atom is -0.369 e. The lowest BCUT2D eigenvalue weighted by Crippen LogP contribution is -2.07. The van der Waals surface area contributed by atoms with Crippen LogP contribution in [0.2, 0.25) is 0 Å². The molecule has 0 saturated heterocycles. The molecular formula is C17H19N3S. The maximum absolute atomic E-state index is 4.42. The van der Waals surface area contributed by atoms with Gasteiger partial charge in [-0.3, -0.25) is 0 Å². The average molecular weight is 297 g/mol. The van der Waals surface area contributed by atoms with Crippen LogP contribution >= 0.6 is 11.3 Å². The van der Waals surface area contributed by atoms with Crippen LogP contribution in [0.15, 0.2) is 30.6 Å². The van der Waals surface area contributed by atoms with Gasteiger partial charge < -0.3 is 5.32 Å². The summed E-state index contributed by atoms with van der Waals surface area (Å²) in [5.74, 6) is 0.954. The second kappa shape index (κ2) is 5.82. The van der Waals surface area contributed by atoms with E-state index in [2.05, 4.69) is 60.3 Å². The Morgan fingerprint density at radius 3 is 2.71 bits per heavy atom. The van der Waals surface area contributed by atoms with Crippen LogP contribution in [0.3, 0.4) is 0 Å². The summed E-state index contributed by atoms with van der Waals surface area (Å²) in [4.78, 5) is 11.2. The van der Waals surface area contributed by atoms with Crippen molar-refractivity contribution in [1.82, 2.24) is 9.97 Å². The molecule has 3 aromatic rings. The zero-order chi connectivity index (χ0) is 14.8. The van der Waals surface area contributed by atoms with E-state index >= 15 is 0 Å². The molecule has 0 bridgehead atoms. The number of fused-ring (bicyclic) bond motifs is 1. The number of rotatable bonds is 4. The van der Waals surface area contributed by atoms with Crippen molar-refractivity contribution in [3.63, 3.8) is 0 Å². The van der Waals surface area contributed by atoms with Gasteiger partial charge in [-0.25, -0.2) is 9.97 Å². The van der Waals surface area contributed by atoms with Crippen molar-refractivity contribution in [3.8, 4) is 0 Å². The molecule has 21 heavy (non-hydrogen) atoms. The monoisotopic (exact) mass is 297 g/mol. The fraction of sp³-hybridized carbons (Fsp3) is 0.294. The van der Waals surface area contributed by atoms with Crippen LogP contribution in [-0.4, -0.2) is 16.5 Å². The summed E-state index contributed by atoms with van der Waals surface area (Å²) >= 11 is 1.73. The Morgan fingerprint density at radius 1 is 1.10 bits per heavy atom. The van der Waals surface area contributed by atoms with Crippen molar-refractivity contribution in [3.05, 3.63) is 52.2 Å². The Morgan fingerprint density at radius 2 is 1.90 bits per heavy atom. The largest absolute Gasteiger partial charge is 0.369 e. The normalized spacial score (nSPS) is 11.0. The van der Waals surface area contributed by atoms with Gasteiger partial charge in [0.05, 0.1) is 5.39 Å². The fourth-order valence-electron chi connectivity index (χ4n) is 2.52. The highest BCUT2D eigenvalue weighted by atomic mass is 32.1. The number of aryl methyl sites for hydroxylation is 3. The van der Waals surface area contributed by atoms with Crippen molar-refractivity contribution in [1.29, 1.82) is 0 Å². The third-order valence-corrected chi connectivity index (χ3v) is 5.03. The number of nitrogens with zero attached hydrogens (tertiary/aromatic N) is 2. The third kappa shape index (κ3) is 2.76. The van der Waals surface area contributed by atoms with Crippen molar-refractivity contribution in [2.24, 2.45) is 0 Å². The molecule has 3 rings (SSSR count). The Hall–Kier alpha value is -1.94. The Kier molecular flexibility index (Phi) is 3.88. The van der Waals surface area contributed by atoms with Crippen molar-refractivity contribution >= 4 is 27.4 Å². The van der Waals surface area contributed by atoms with Gasteiger partial charge in [-0.1, -0.05) is 24.3 Å². The van der Waals surface area contributed by atoms with Gasteiger partial charge in [0, 0.05) is 11.4 Å². The molecule has 2 heterocycles. The summed E-state index contributed by atoms with van der Waals surface area (Å²) in [7, 11) is 0. The van der Waals surface area contributed by atoms with Gasteiger partial charge in [-0.2, -0.15) is 0 Å². The highest BCUT2D eigenvalue weighted by molar-refractivity contribution is 7.18. The second-order valence-electron chi connectivity index (χ2n) is 5.29. The molecule has 0 radical (unpaired) electrons. The maximum Gasteiger partial charge on any atom is 0.138 e. The van der Waals surface area contributed by atoms with Gasteiger partial charge >= 0.3 is 0 Å². The minimum atomic E-state index is 0.880. The number of anilines is 1. The van der Waals surface area contributed by atoms with Crippen LogP contribution in [0.5, 0.6) is 0 Å². The van der Waals surface area contributed by atoms with E-state index in [4.69, 9.17) is 0 Å². The first-order chi connectivity index (χ1) is 10.2. The van der Waals surface area contributed by atoms with E-state index in [0.29, 0.717) is 0 Å². The van der Waals surface area contributed by atoms with Gasteiger partial charge in [0.15, 0.2) is 0 Å². The second-order valence-corrected chi connectivity index (χ2v) is 6.49. The average Bonchev–Trinajstić information content (AvgIpc) is 2.77. The highest BCUT2D eigenvalue weighted by Gasteiger charge is 2.11. The number of aromatic nitrogens is 2. The summed E-state index contributed by atoms with van der Waals surface area (Å²) < 4.78 is 0. The molecule has 0 fully saturated rings. The molecule has 1 aromatic carbocycles. The van der Waals surface area contributed by atoms with Crippen LogP contribution in [0.4, 0.5) is 5.82 Å². The molecule has 3 nitrogen and oxygen atoms in total. The van der Waals surface area contributed by atoms with Gasteiger partial charge in [0.1, 0.15) is 17.0 Å². The van der Waals surface area contributed by atoms with E-state index in [1.165, 1.54) is 27.0 Å². The first kappa shape index (κ1) is 14.0. The summed E-state index contributed by atoms with van der Waals surface area (Å²) in [6.45, 7) is 7.32. The zero-order valence-electron chi connectivity index (χ0n) is 12.6. The molecule has 0 unspecified atom stereocenters. The molecule has 1 N–H and O–H groups in total. The molecule has 0 atom stereocenters. The summed E-state index contributed by atoms with van der Waals surface area (Å²) in [5.41, 5.74) is 4.01. The highest BCUT2D eigenvalue weighted by Crippen LogP contribution is 2.32. The fourth-order valence-corrected chi connectivity index (χ4v) is 3.52. The summed E-state index contributed by atoms with van der Waals surface area (Å²) in [5, 5.41) is 4.64. The number of thiophene rings is 1. The third-order valence-electron chi connectivity index (χ3n) is 3.91. The van der Waals surface area contributed by atoms with Gasteiger partial charge in [-0.15, -0.1) is 11.3 Å². The smallest absolute Gasteiger partial charge is 0.138 e. The molecule has 0 aliphatic carbocycles. The number of benzene rings is 1. The maximum atomic E-state index is 4.42. The number of nitrogens with one attached hydrogen (secondary N) is 1. The Balaban J connectivity index is 1.78. The van der Waals surface area contributed by atoms with E-state index in [-0.39, 0.29) is 0 Å². The van der Waals surface area contributed by atoms with Crippen LogP contribution in [0.1, 0.15) is 21.6 Å². The van der Waals surface area contributed by atoms with Crippen LogP contribution in [-0.2, 0) is 6.42 Å². The van der Waals surface area contributed by atoms with Crippen molar-refractivity contribution < 1.29 is 0 Å². The number of hydrogen-bond donors (Lipinski definition) is 1. The lowest BCUT2D eigenvalue weighted by atomic mass is 10.1. The molecule has 0 saturated carbocycles. The summed E-state index contributed by atoms with van der Waals surface area (Å²) in [6, 6.07) is 8.52. The topological polar surface area (TPSA) is 37.8 Å². The van der Waals surface area contributed by atoms with Crippen molar-refractivity contribution in [2.75, 3.05) is 11.9 Å². The SMILES string of the molecule is Cc1ccccc1CCNc1ncnc2sc(C)c(C)c12. The predicted molar refractivity (Wildman–Crippen MR) is 90.3 cm³/mol.